The highest BCUT2D eigenvalue weighted by Gasteiger charge is 2.31. The summed E-state index contributed by atoms with van der Waals surface area (Å²) in [5, 5.41) is 12.5. The van der Waals surface area contributed by atoms with Crippen molar-refractivity contribution in [3.05, 3.63) is 23.5 Å². The average Bonchev–Trinajstić information content (AvgIpc) is 3.16. The molecule has 0 amide bonds. The van der Waals surface area contributed by atoms with Crippen LogP contribution in [-0.4, -0.2) is 35.3 Å². The van der Waals surface area contributed by atoms with Gasteiger partial charge in [-0.3, -0.25) is 0 Å². The van der Waals surface area contributed by atoms with Crippen LogP contribution < -0.4 is 5.32 Å². The Morgan fingerprint density at radius 1 is 1.47 bits per heavy atom. The van der Waals surface area contributed by atoms with Crippen molar-refractivity contribution < 1.29 is 14.6 Å². The Morgan fingerprint density at radius 3 is 2.79 bits per heavy atom. The monoisotopic (exact) mass is 262 g/mol. The number of ether oxygens (including phenoxy) is 1. The molecular formula is C14H18N2O3. The molecular weight excluding hydrogens is 244 g/mol. The average molecular weight is 262 g/mol. The molecule has 0 aromatic carbocycles. The number of hydrogen-bond acceptors (Lipinski definition) is 4. The van der Waals surface area contributed by atoms with Gasteiger partial charge in [-0.2, -0.15) is 0 Å². The number of methoxy groups -OCH3 is 1. The van der Waals surface area contributed by atoms with E-state index >= 15 is 0 Å². The van der Waals surface area contributed by atoms with Gasteiger partial charge in [0, 0.05) is 19.3 Å². The molecule has 2 saturated carbocycles. The van der Waals surface area contributed by atoms with Gasteiger partial charge >= 0.3 is 5.97 Å². The number of nitrogens with one attached hydrogen (secondary N) is 1. The molecule has 1 aromatic heterocycles. The maximum atomic E-state index is 11.2. The van der Waals surface area contributed by atoms with Crippen LogP contribution in [0.15, 0.2) is 12.3 Å². The minimum Gasteiger partial charge on any atom is -0.476 e. The zero-order valence-corrected chi connectivity index (χ0v) is 10.9. The Kier molecular flexibility index (Phi) is 3.14. The van der Waals surface area contributed by atoms with Gasteiger partial charge in [0.15, 0.2) is 5.69 Å². The largest absolute Gasteiger partial charge is 0.476 e. The first kappa shape index (κ1) is 12.4. The zero-order chi connectivity index (χ0) is 13.4. The van der Waals surface area contributed by atoms with E-state index in [-0.39, 0.29) is 5.69 Å². The summed E-state index contributed by atoms with van der Waals surface area (Å²) < 4.78 is 5.23. The lowest BCUT2D eigenvalue weighted by molar-refractivity contribution is 0.0328. The van der Waals surface area contributed by atoms with E-state index in [9.17, 15) is 9.90 Å². The maximum Gasteiger partial charge on any atom is 0.356 e. The molecule has 2 fully saturated rings. The third-order valence-electron chi connectivity index (χ3n) is 3.95. The standard InChI is InChI=1S/C14H18N2O3/c1-19-11-5-10(6-11)16-12-4-9(8-2-3-8)7-15-13(12)14(17)18/h4,7-8,10-11,16H,2-3,5-6H2,1H3,(H,17,18)/t10-,11+. The van der Waals surface area contributed by atoms with Gasteiger partial charge in [-0.25, -0.2) is 9.78 Å². The minimum atomic E-state index is -0.979. The van der Waals surface area contributed by atoms with Crippen LogP contribution in [0.3, 0.4) is 0 Å². The number of rotatable bonds is 5. The number of hydrogen-bond donors (Lipinski definition) is 2. The Morgan fingerprint density at radius 2 is 2.21 bits per heavy atom. The lowest BCUT2D eigenvalue weighted by Gasteiger charge is -2.35. The summed E-state index contributed by atoms with van der Waals surface area (Å²) in [7, 11) is 1.71. The van der Waals surface area contributed by atoms with E-state index < -0.39 is 5.97 Å². The summed E-state index contributed by atoms with van der Waals surface area (Å²) in [6.07, 6.45) is 6.20. The van der Waals surface area contributed by atoms with Crippen LogP contribution in [0.4, 0.5) is 5.69 Å². The number of carboxylic acids is 1. The minimum absolute atomic E-state index is 0.116. The summed E-state index contributed by atoms with van der Waals surface area (Å²) in [6.45, 7) is 0. The zero-order valence-electron chi connectivity index (χ0n) is 10.9. The maximum absolute atomic E-state index is 11.2. The molecule has 0 bridgehead atoms. The van der Waals surface area contributed by atoms with E-state index in [4.69, 9.17) is 4.74 Å². The van der Waals surface area contributed by atoms with Crippen LogP contribution >= 0.6 is 0 Å². The van der Waals surface area contributed by atoms with Gasteiger partial charge in [0.2, 0.25) is 0 Å². The summed E-state index contributed by atoms with van der Waals surface area (Å²) in [4.78, 5) is 15.3. The molecule has 0 aliphatic heterocycles. The number of carboxylic acid groups (broad SMARTS) is 1. The second-order valence-electron chi connectivity index (χ2n) is 5.41. The molecule has 1 heterocycles. The number of pyridine rings is 1. The molecule has 0 unspecified atom stereocenters. The second-order valence-corrected chi connectivity index (χ2v) is 5.41. The van der Waals surface area contributed by atoms with Gasteiger partial charge < -0.3 is 15.2 Å². The Bertz CT molecular complexity index is 493. The van der Waals surface area contributed by atoms with Crippen molar-refractivity contribution >= 4 is 11.7 Å². The molecule has 0 radical (unpaired) electrons. The van der Waals surface area contributed by atoms with Crippen LogP contribution in [0.2, 0.25) is 0 Å². The third-order valence-corrected chi connectivity index (χ3v) is 3.95. The first-order chi connectivity index (χ1) is 9.17. The van der Waals surface area contributed by atoms with Gasteiger partial charge in [-0.15, -0.1) is 0 Å². The highest BCUT2D eigenvalue weighted by molar-refractivity contribution is 5.92. The fourth-order valence-corrected chi connectivity index (χ4v) is 2.50. The van der Waals surface area contributed by atoms with Gasteiger partial charge in [-0.1, -0.05) is 0 Å². The summed E-state index contributed by atoms with van der Waals surface area (Å²) in [5.41, 5.74) is 1.91. The molecule has 5 heteroatoms. The van der Waals surface area contributed by atoms with Crippen molar-refractivity contribution in [2.24, 2.45) is 0 Å². The van der Waals surface area contributed by atoms with E-state index in [0.29, 0.717) is 23.8 Å². The molecule has 19 heavy (non-hydrogen) atoms. The first-order valence-electron chi connectivity index (χ1n) is 6.70. The molecule has 0 saturated heterocycles. The summed E-state index contributed by atoms with van der Waals surface area (Å²) >= 11 is 0. The number of carbonyl (C=O) groups is 1. The highest BCUT2D eigenvalue weighted by Crippen LogP contribution is 2.41. The van der Waals surface area contributed by atoms with E-state index in [1.165, 1.54) is 12.8 Å². The van der Waals surface area contributed by atoms with Crippen molar-refractivity contribution in [3.8, 4) is 0 Å². The van der Waals surface area contributed by atoms with Crippen LogP contribution in [0.1, 0.15) is 47.7 Å². The smallest absolute Gasteiger partial charge is 0.356 e. The number of anilines is 1. The van der Waals surface area contributed by atoms with E-state index in [0.717, 1.165) is 18.4 Å². The SMILES string of the molecule is CO[C@H]1C[C@@H](Nc2cc(C3CC3)cnc2C(=O)O)C1. The quantitative estimate of drug-likeness (QED) is 0.851. The van der Waals surface area contributed by atoms with E-state index in [2.05, 4.69) is 10.3 Å². The van der Waals surface area contributed by atoms with Gasteiger partial charge in [0.25, 0.3) is 0 Å². The molecule has 2 aliphatic carbocycles. The van der Waals surface area contributed by atoms with Crippen LogP contribution in [-0.2, 0) is 4.74 Å². The molecule has 1 aromatic rings. The Balaban J connectivity index is 1.77. The van der Waals surface area contributed by atoms with E-state index in [1.54, 1.807) is 13.3 Å². The van der Waals surface area contributed by atoms with Gasteiger partial charge in [0.1, 0.15) is 0 Å². The van der Waals surface area contributed by atoms with Crippen molar-refractivity contribution in [3.63, 3.8) is 0 Å². The van der Waals surface area contributed by atoms with Gasteiger partial charge in [0.05, 0.1) is 11.8 Å². The van der Waals surface area contributed by atoms with Crippen molar-refractivity contribution in [2.45, 2.75) is 43.7 Å². The molecule has 2 N–H and O–H groups in total. The normalized spacial score (nSPS) is 25.7. The number of nitrogens with zero attached hydrogens (tertiary/aromatic N) is 1. The molecule has 0 atom stereocenters. The van der Waals surface area contributed by atoms with Crippen molar-refractivity contribution in [1.29, 1.82) is 0 Å². The molecule has 5 nitrogen and oxygen atoms in total. The molecule has 3 rings (SSSR count). The van der Waals surface area contributed by atoms with Crippen molar-refractivity contribution in [1.82, 2.24) is 4.98 Å². The van der Waals surface area contributed by atoms with Crippen LogP contribution in [0, 0.1) is 0 Å². The Hall–Kier alpha value is -1.62. The summed E-state index contributed by atoms with van der Waals surface area (Å²) in [6, 6.07) is 2.24. The summed E-state index contributed by atoms with van der Waals surface area (Å²) in [5.74, 6) is -0.406. The fourth-order valence-electron chi connectivity index (χ4n) is 2.50. The van der Waals surface area contributed by atoms with E-state index in [1.807, 2.05) is 6.07 Å². The molecule has 2 aliphatic rings. The predicted molar refractivity (Wildman–Crippen MR) is 70.6 cm³/mol. The highest BCUT2D eigenvalue weighted by atomic mass is 16.5. The topological polar surface area (TPSA) is 71.5 Å². The fraction of sp³-hybridized carbons (Fsp3) is 0.571. The molecule has 102 valence electrons. The lowest BCUT2D eigenvalue weighted by Crippen LogP contribution is -2.40. The predicted octanol–water partition coefficient (Wildman–Crippen LogP) is 2.25. The second kappa shape index (κ2) is 4.81. The first-order valence-corrected chi connectivity index (χ1v) is 6.70. The van der Waals surface area contributed by atoms with Crippen molar-refractivity contribution in [2.75, 3.05) is 12.4 Å². The number of aromatic carboxylic acids is 1. The molecule has 0 spiro atoms. The van der Waals surface area contributed by atoms with Gasteiger partial charge in [-0.05, 0) is 43.2 Å². The lowest BCUT2D eigenvalue weighted by atomic mass is 9.89. The van der Waals surface area contributed by atoms with Crippen LogP contribution in [0.5, 0.6) is 0 Å². The Labute approximate surface area is 112 Å². The number of aromatic nitrogens is 1. The third kappa shape index (κ3) is 2.56. The van der Waals surface area contributed by atoms with Crippen LogP contribution in [0.25, 0.3) is 0 Å².